The molecule has 1 fully saturated rings. The highest BCUT2D eigenvalue weighted by atomic mass is 32.2. The van der Waals surface area contributed by atoms with E-state index >= 15 is 0 Å². The zero-order chi connectivity index (χ0) is 22.4. The molecule has 2 aromatic rings. The predicted molar refractivity (Wildman–Crippen MR) is 121 cm³/mol. The molecule has 1 amide bonds. The molecule has 7 nitrogen and oxygen atoms in total. The van der Waals surface area contributed by atoms with Gasteiger partial charge in [-0.2, -0.15) is 4.31 Å². The average molecular weight is 445 g/mol. The number of sulfonamides is 1. The molecule has 0 radical (unpaired) electrons. The summed E-state index contributed by atoms with van der Waals surface area (Å²) in [7, 11) is -2.30. The molecule has 2 aromatic carbocycles. The van der Waals surface area contributed by atoms with Crippen LogP contribution in [0.2, 0.25) is 0 Å². The van der Waals surface area contributed by atoms with Crippen molar-refractivity contribution in [1.29, 1.82) is 0 Å². The highest BCUT2D eigenvalue weighted by Gasteiger charge is 2.29. The van der Waals surface area contributed by atoms with Gasteiger partial charge in [0.1, 0.15) is 10.6 Å². The second kappa shape index (κ2) is 10.1. The fourth-order valence-electron chi connectivity index (χ4n) is 3.46. The first-order valence-corrected chi connectivity index (χ1v) is 11.6. The quantitative estimate of drug-likeness (QED) is 0.663. The van der Waals surface area contributed by atoms with Gasteiger partial charge in [0.05, 0.1) is 20.3 Å². The van der Waals surface area contributed by atoms with Gasteiger partial charge in [-0.3, -0.25) is 4.79 Å². The SMILES string of the molecule is CCc1cccc(C)c1NC(=O)C=Cc1ccc(OC)c(S(=O)(=O)N2CCOCC2)c1. The second-order valence-corrected chi connectivity index (χ2v) is 9.12. The zero-order valence-electron chi connectivity index (χ0n) is 18.1. The molecule has 1 heterocycles. The summed E-state index contributed by atoms with van der Waals surface area (Å²) in [4.78, 5) is 12.6. The van der Waals surface area contributed by atoms with Crippen molar-refractivity contribution in [3.05, 3.63) is 59.2 Å². The molecule has 0 bridgehead atoms. The monoisotopic (exact) mass is 444 g/mol. The predicted octanol–water partition coefficient (Wildman–Crippen LogP) is 3.24. The van der Waals surface area contributed by atoms with Crippen LogP contribution >= 0.6 is 0 Å². The van der Waals surface area contributed by atoms with E-state index in [2.05, 4.69) is 5.32 Å². The summed E-state index contributed by atoms with van der Waals surface area (Å²) in [5, 5.41) is 2.93. The minimum atomic E-state index is -3.74. The van der Waals surface area contributed by atoms with Crippen molar-refractivity contribution in [2.45, 2.75) is 25.2 Å². The van der Waals surface area contributed by atoms with E-state index in [1.165, 1.54) is 23.6 Å². The van der Waals surface area contributed by atoms with Crippen LogP contribution in [0.5, 0.6) is 5.75 Å². The Labute approximate surface area is 183 Å². The van der Waals surface area contributed by atoms with Gasteiger partial charge in [-0.05, 0) is 48.2 Å². The van der Waals surface area contributed by atoms with Crippen molar-refractivity contribution >= 4 is 27.7 Å². The number of nitrogens with one attached hydrogen (secondary N) is 1. The summed E-state index contributed by atoms with van der Waals surface area (Å²) < 4.78 is 38.1. The molecule has 166 valence electrons. The summed E-state index contributed by atoms with van der Waals surface area (Å²) >= 11 is 0. The Morgan fingerprint density at radius 1 is 1.23 bits per heavy atom. The van der Waals surface area contributed by atoms with Crippen LogP contribution in [0.15, 0.2) is 47.4 Å². The summed E-state index contributed by atoms with van der Waals surface area (Å²) in [6.07, 6.45) is 3.80. The molecule has 0 atom stereocenters. The lowest BCUT2D eigenvalue weighted by molar-refractivity contribution is -0.111. The maximum Gasteiger partial charge on any atom is 0.248 e. The number of nitrogens with zero attached hydrogens (tertiary/aromatic N) is 1. The minimum absolute atomic E-state index is 0.0756. The molecule has 1 N–H and O–H groups in total. The Morgan fingerprint density at radius 3 is 2.65 bits per heavy atom. The normalized spacial score (nSPS) is 15.2. The number of amides is 1. The molecule has 0 unspecified atom stereocenters. The van der Waals surface area contributed by atoms with Gasteiger partial charge >= 0.3 is 0 Å². The van der Waals surface area contributed by atoms with E-state index in [0.29, 0.717) is 31.9 Å². The van der Waals surface area contributed by atoms with E-state index in [-0.39, 0.29) is 16.6 Å². The van der Waals surface area contributed by atoms with Gasteiger partial charge in [-0.15, -0.1) is 0 Å². The molecule has 0 spiro atoms. The minimum Gasteiger partial charge on any atom is -0.495 e. The molecule has 0 aromatic heterocycles. The third-order valence-electron chi connectivity index (χ3n) is 5.19. The molecular weight excluding hydrogens is 416 g/mol. The average Bonchev–Trinajstić information content (AvgIpc) is 2.79. The summed E-state index contributed by atoms with van der Waals surface area (Å²) in [5.74, 6) is -0.0157. The third kappa shape index (κ3) is 5.33. The number of para-hydroxylation sites is 1. The standard InChI is InChI=1S/C23H28N2O5S/c1-4-19-7-5-6-17(2)23(19)24-22(26)11-9-18-8-10-20(29-3)21(16-18)31(27,28)25-12-14-30-15-13-25/h5-11,16H,4,12-15H2,1-3H3,(H,24,26). The number of anilines is 1. The number of hydrogen-bond acceptors (Lipinski definition) is 5. The number of morpholine rings is 1. The van der Waals surface area contributed by atoms with E-state index < -0.39 is 10.0 Å². The van der Waals surface area contributed by atoms with E-state index in [0.717, 1.165) is 23.2 Å². The van der Waals surface area contributed by atoms with Crippen molar-refractivity contribution < 1.29 is 22.7 Å². The molecule has 1 aliphatic heterocycles. The molecular formula is C23H28N2O5S. The summed E-state index contributed by atoms with van der Waals surface area (Å²) in [6, 6.07) is 10.7. The molecule has 8 heteroatoms. The maximum absolute atomic E-state index is 13.1. The highest BCUT2D eigenvalue weighted by molar-refractivity contribution is 7.89. The fourth-order valence-corrected chi connectivity index (χ4v) is 5.06. The fraction of sp³-hybridized carbons (Fsp3) is 0.348. The Balaban J connectivity index is 1.83. The van der Waals surface area contributed by atoms with Gasteiger partial charge in [0, 0.05) is 24.9 Å². The van der Waals surface area contributed by atoms with Crippen LogP contribution in [0, 0.1) is 6.92 Å². The summed E-state index contributed by atoms with van der Waals surface area (Å²) in [5.41, 5.74) is 3.45. The first-order valence-electron chi connectivity index (χ1n) is 10.2. The van der Waals surface area contributed by atoms with Gasteiger partial charge in [0.15, 0.2) is 0 Å². The number of carbonyl (C=O) groups is 1. The number of hydrogen-bond donors (Lipinski definition) is 1. The largest absolute Gasteiger partial charge is 0.495 e. The number of carbonyl (C=O) groups excluding carboxylic acids is 1. The Bertz CT molecular complexity index is 1070. The lowest BCUT2D eigenvalue weighted by Crippen LogP contribution is -2.40. The lowest BCUT2D eigenvalue weighted by Gasteiger charge is -2.26. The zero-order valence-corrected chi connectivity index (χ0v) is 18.9. The van der Waals surface area contributed by atoms with Gasteiger partial charge in [0.25, 0.3) is 0 Å². The Hall–Kier alpha value is -2.68. The first kappa shape index (κ1) is 23.0. The highest BCUT2D eigenvalue weighted by Crippen LogP contribution is 2.29. The van der Waals surface area contributed by atoms with Crippen molar-refractivity contribution in [3.63, 3.8) is 0 Å². The van der Waals surface area contributed by atoms with Gasteiger partial charge in [0.2, 0.25) is 15.9 Å². The van der Waals surface area contributed by atoms with Crippen LogP contribution in [0.3, 0.4) is 0 Å². The van der Waals surface area contributed by atoms with Crippen LogP contribution in [-0.2, 0) is 26.0 Å². The lowest BCUT2D eigenvalue weighted by atomic mass is 10.1. The smallest absolute Gasteiger partial charge is 0.248 e. The number of aryl methyl sites for hydroxylation is 2. The summed E-state index contributed by atoms with van der Waals surface area (Å²) in [6.45, 7) is 5.30. The van der Waals surface area contributed by atoms with Gasteiger partial charge in [-0.25, -0.2) is 8.42 Å². The topological polar surface area (TPSA) is 84.9 Å². The van der Waals surface area contributed by atoms with Gasteiger partial charge < -0.3 is 14.8 Å². The van der Waals surface area contributed by atoms with Crippen LogP contribution in [-0.4, -0.2) is 52.0 Å². The van der Waals surface area contributed by atoms with Crippen LogP contribution in [0.4, 0.5) is 5.69 Å². The van der Waals surface area contributed by atoms with Crippen LogP contribution in [0.25, 0.3) is 6.08 Å². The Kier molecular flexibility index (Phi) is 7.48. The number of ether oxygens (including phenoxy) is 2. The number of benzene rings is 2. The Morgan fingerprint density at radius 2 is 1.97 bits per heavy atom. The number of rotatable bonds is 7. The molecule has 0 saturated carbocycles. The van der Waals surface area contributed by atoms with Crippen LogP contribution < -0.4 is 10.1 Å². The molecule has 1 aliphatic rings. The van der Waals surface area contributed by atoms with E-state index in [4.69, 9.17) is 9.47 Å². The van der Waals surface area contributed by atoms with Gasteiger partial charge in [-0.1, -0.05) is 31.2 Å². The van der Waals surface area contributed by atoms with Crippen molar-refractivity contribution in [3.8, 4) is 5.75 Å². The second-order valence-electron chi connectivity index (χ2n) is 7.21. The molecule has 31 heavy (non-hydrogen) atoms. The third-order valence-corrected chi connectivity index (χ3v) is 7.11. The van der Waals surface area contributed by atoms with Crippen molar-refractivity contribution in [2.24, 2.45) is 0 Å². The molecule has 0 aliphatic carbocycles. The molecule has 1 saturated heterocycles. The number of methoxy groups -OCH3 is 1. The van der Waals surface area contributed by atoms with E-state index in [9.17, 15) is 13.2 Å². The first-order chi connectivity index (χ1) is 14.9. The van der Waals surface area contributed by atoms with Crippen molar-refractivity contribution in [1.82, 2.24) is 4.31 Å². The van der Waals surface area contributed by atoms with Crippen LogP contribution in [0.1, 0.15) is 23.6 Å². The maximum atomic E-state index is 13.1. The van der Waals surface area contributed by atoms with E-state index in [1.807, 2.05) is 32.0 Å². The molecule has 3 rings (SSSR count). The van der Waals surface area contributed by atoms with Crippen molar-refractivity contribution in [2.75, 3.05) is 38.7 Å². The van der Waals surface area contributed by atoms with E-state index in [1.54, 1.807) is 18.2 Å².